The number of halogens is 4. The SMILES string of the molecule is CC(C)(C(N)C(=O)O)C(F)(F)F.Cl. The standard InChI is InChI=1S/C6H10F3NO2.ClH/c1-5(2,6(7,8)9)3(10)4(11)12;/h3H,10H2,1-2H3,(H,11,12);1H. The third-order valence-electron chi connectivity index (χ3n) is 1.77. The Morgan fingerprint density at radius 3 is 1.77 bits per heavy atom. The van der Waals surface area contributed by atoms with Gasteiger partial charge in [-0.2, -0.15) is 13.2 Å². The van der Waals surface area contributed by atoms with E-state index in [4.69, 9.17) is 10.8 Å². The summed E-state index contributed by atoms with van der Waals surface area (Å²) in [5.41, 5.74) is 2.46. The third-order valence-corrected chi connectivity index (χ3v) is 1.77. The number of carboxylic acid groups (broad SMARTS) is 1. The zero-order chi connectivity index (χ0) is 10.2. The van der Waals surface area contributed by atoms with Gasteiger partial charge in [0.25, 0.3) is 0 Å². The first-order chi connectivity index (χ1) is 5.10. The molecule has 0 aliphatic rings. The summed E-state index contributed by atoms with van der Waals surface area (Å²) in [6, 6.07) is -1.93. The quantitative estimate of drug-likeness (QED) is 0.741. The van der Waals surface area contributed by atoms with Gasteiger partial charge in [-0.15, -0.1) is 12.4 Å². The van der Waals surface area contributed by atoms with E-state index in [2.05, 4.69) is 0 Å². The summed E-state index contributed by atoms with van der Waals surface area (Å²) < 4.78 is 36.3. The first-order valence-corrected chi connectivity index (χ1v) is 3.16. The van der Waals surface area contributed by atoms with Gasteiger partial charge >= 0.3 is 12.1 Å². The fraction of sp³-hybridized carbons (Fsp3) is 0.833. The van der Waals surface area contributed by atoms with Crippen LogP contribution in [0.1, 0.15) is 13.8 Å². The summed E-state index contributed by atoms with van der Waals surface area (Å²) in [6.45, 7) is 1.51. The van der Waals surface area contributed by atoms with Crippen LogP contribution in [0.15, 0.2) is 0 Å². The third kappa shape index (κ3) is 3.04. The summed E-state index contributed by atoms with van der Waals surface area (Å²) in [4.78, 5) is 10.2. The van der Waals surface area contributed by atoms with Gasteiger partial charge in [0.2, 0.25) is 0 Å². The predicted molar refractivity (Wildman–Crippen MR) is 42.7 cm³/mol. The molecular formula is C6H11ClF3NO2. The van der Waals surface area contributed by atoms with Crippen LogP contribution in [-0.2, 0) is 4.79 Å². The molecule has 13 heavy (non-hydrogen) atoms. The van der Waals surface area contributed by atoms with E-state index in [1.54, 1.807) is 0 Å². The minimum atomic E-state index is -4.61. The van der Waals surface area contributed by atoms with Crippen LogP contribution >= 0.6 is 12.4 Å². The van der Waals surface area contributed by atoms with Crippen molar-refractivity contribution in [2.75, 3.05) is 0 Å². The van der Waals surface area contributed by atoms with Crippen molar-refractivity contribution < 1.29 is 23.1 Å². The largest absolute Gasteiger partial charge is 0.480 e. The van der Waals surface area contributed by atoms with Gasteiger partial charge < -0.3 is 10.8 Å². The fourth-order valence-corrected chi connectivity index (χ4v) is 0.485. The molecule has 1 atom stereocenters. The van der Waals surface area contributed by atoms with E-state index in [-0.39, 0.29) is 12.4 Å². The number of carboxylic acids is 1. The summed E-state index contributed by atoms with van der Waals surface area (Å²) >= 11 is 0. The van der Waals surface area contributed by atoms with Crippen LogP contribution in [0.4, 0.5) is 13.2 Å². The Morgan fingerprint density at radius 2 is 1.69 bits per heavy atom. The van der Waals surface area contributed by atoms with Crippen LogP contribution < -0.4 is 5.73 Å². The summed E-state index contributed by atoms with van der Waals surface area (Å²) in [5.74, 6) is -1.66. The van der Waals surface area contributed by atoms with Crippen molar-refractivity contribution in [3.63, 3.8) is 0 Å². The van der Waals surface area contributed by atoms with Crippen molar-refractivity contribution >= 4 is 18.4 Å². The van der Waals surface area contributed by atoms with Gasteiger partial charge in [-0.3, -0.25) is 4.79 Å². The lowest BCUT2D eigenvalue weighted by atomic mass is 9.84. The Bertz CT molecular complexity index is 193. The van der Waals surface area contributed by atoms with Gasteiger partial charge in [0.05, 0.1) is 5.41 Å². The lowest BCUT2D eigenvalue weighted by Crippen LogP contribution is -2.52. The summed E-state index contributed by atoms with van der Waals surface area (Å²) in [6.07, 6.45) is -4.61. The number of carbonyl (C=O) groups is 1. The van der Waals surface area contributed by atoms with E-state index in [1.807, 2.05) is 0 Å². The topological polar surface area (TPSA) is 63.3 Å². The second-order valence-electron chi connectivity index (χ2n) is 3.04. The highest BCUT2D eigenvalue weighted by atomic mass is 35.5. The minimum absolute atomic E-state index is 0. The Morgan fingerprint density at radius 1 is 1.38 bits per heavy atom. The summed E-state index contributed by atoms with van der Waals surface area (Å²) in [5, 5.41) is 8.26. The van der Waals surface area contributed by atoms with Gasteiger partial charge in [0, 0.05) is 0 Å². The second kappa shape index (κ2) is 4.15. The maximum absolute atomic E-state index is 12.1. The fourth-order valence-electron chi connectivity index (χ4n) is 0.485. The van der Waals surface area contributed by atoms with Crippen molar-refractivity contribution in [1.82, 2.24) is 0 Å². The molecule has 0 fully saturated rings. The van der Waals surface area contributed by atoms with Crippen LogP contribution in [0.25, 0.3) is 0 Å². The second-order valence-corrected chi connectivity index (χ2v) is 3.04. The first kappa shape index (κ1) is 15.0. The normalized spacial score (nSPS) is 14.6. The molecule has 1 unspecified atom stereocenters. The molecule has 0 aromatic heterocycles. The van der Waals surface area contributed by atoms with Gasteiger partial charge in [-0.25, -0.2) is 0 Å². The van der Waals surface area contributed by atoms with Crippen molar-refractivity contribution in [3.8, 4) is 0 Å². The number of hydrogen-bond acceptors (Lipinski definition) is 2. The molecule has 0 bridgehead atoms. The number of nitrogens with two attached hydrogens (primary N) is 1. The molecule has 0 aromatic rings. The van der Waals surface area contributed by atoms with Gasteiger partial charge in [0.15, 0.2) is 0 Å². The summed E-state index contributed by atoms with van der Waals surface area (Å²) in [7, 11) is 0. The van der Waals surface area contributed by atoms with Crippen LogP contribution in [0.5, 0.6) is 0 Å². The van der Waals surface area contributed by atoms with Crippen LogP contribution in [0.2, 0.25) is 0 Å². The molecular weight excluding hydrogens is 211 g/mol. The van der Waals surface area contributed by atoms with E-state index in [0.717, 1.165) is 13.8 Å². The maximum atomic E-state index is 12.1. The van der Waals surface area contributed by atoms with E-state index in [1.165, 1.54) is 0 Å². The Hall–Kier alpha value is -0.490. The predicted octanol–water partition coefficient (Wildman–Crippen LogP) is 1.41. The highest BCUT2D eigenvalue weighted by molar-refractivity contribution is 5.85. The molecule has 0 heterocycles. The molecule has 3 N–H and O–H groups in total. The lowest BCUT2D eigenvalue weighted by Gasteiger charge is -2.30. The Kier molecular flexibility index (Phi) is 4.79. The molecule has 0 spiro atoms. The molecule has 0 aromatic carbocycles. The number of alkyl halides is 3. The minimum Gasteiger partial charge on any atom is -0.480 e. The number of rotatable bonds is 2. The molecule has 0 saturated carbocycles. The molecule has 0 amide bonds. The van der Waals surface area contributed by atoms with Crippen LogP contribution in [0, 0.1) is 5.41 Å². The van der Waals surface area contributed by atoms with E-state index in [9.17, 15) is 18.0 Å². The lowest BCUT2D eigenvalue weighted by molar-refractivity contribution is -0.221. The highest BCUT2D eigenvalue weighted by Crippen LogP contribution is 2.39. The van der Waals surface area contributed by atoms with E-state index in [0.29, 0.717) is 0 Å². The monoisotopic (exact) mass is 221 g/mol. The zero-order valence-corrected chi connectivity index (χ0v) is 7.87. The van der Waals surface area contributed by atoms with Gasteiger partial charge in [-0.05, 0) is 13.8 Å². The van der Waals surface area contributed by atoms with E-state index < -0.39 is 23.6 Å². The molecule has 80 valence electrons. The maximum Gasteiger partial charge on any atom is 0.396 e. The molecule has 0 saturated heterocycles. The van der Waals surface area contributed by atoms with Gasteiger partial charge in [-0.1, -0.05) is 0 Å². The molecule has 7 heteroatoms. The Balaban J connectivity index is 0. The molecule has 3 nitrogen and oxygen atoms in total. The molecule has 0 aliphatic heterocycles. The smallest absolute Gasteiger partial charge is 0.396 e. The average Bonchev–Trinajstić information content (AvgIpc) is 1.83. The average molecular weight is 222 g/mol. The molecule has 0 aliphatic carbocycles. The van der Waals surface area contributed by atoms with Crippen molar-refractivity contribution in [1.29, 1.82) is 0 Å². The van der Waals surface area contributed by atoms with Crippen LogP contribution in [0.3, 0.4) is 0 Å². The molecule has 0 rings (SSSR count). The van der Waals surface area contributed by atoms with Crippen molar-refractivity contribution in [3.05, 3.63) is 0 Å². The Labute approximate surface area is 79.5 Å². The van der Waals surface area contributed by atoms with Gasteiger partial charge in [0.1, 0.15) is 6.04 Å². The molecule has 0 radical (unpaired) electrons. The highest BCUT2D eigenvalue weighted by Gasteiger charge is 2.53. The van der Waals surface area contributed by atoms with Crippen molar-refractivity contribution in [2.24, 2.45) is 11.1 Å². The van der Waals surface area contributed by atoms with Crippen LogP contribution in [-0.4, -0.2) is 23.3 Å². The number of aliphatic carboxylic acids is 1. The van der Waals surface area contributed by atoms with E-state index >= 15 is 0 Å². The number of hydrogen-bond donors (Lipinski definition) is 2. The van der Waals surface area contributed by atoms with Crippen molar-refractivity contribution in [2.45, 2.75) is 26.1 Å². The first-order valence-electron chi connectivity index (χ1n) is 3.16. The zero-order valence-electron chi connectivity index (χ0n) is 7.05.